The van der Waals surface area contributed by atoms with Crippen LogP contribution >= 0.6 is 0 Å². The van der Waals surface area contributed by atoms with E-state index in [2.05, 4.69) is 10.3 Å². The molecule has 0 aliphatic carbocycles. The Morgan fingerprint density at radius 3 is 2.71 bits per heavy atom. The molecule has 0 unspecified atom stereocenters. The Labute approximate surface area is 102 Å². The quantitative estimate of drug-likeness (QED) is 0.852. The van der Waals surface area contributed by atoms with Crippen LogP contribution in [0.2, 0.25) is 0 Å². The van der Waals surface area contributed by atoms with Crippen LogP contribution < -0.4 is 5.32 Å². The molecule has 0 atom stereocenters. The van der Waals surface area contributed by atoms with Crippen LogP contribution in [0.1, 0.15) is 12.8 Å². The number of hydrogen-bond donors (Lipinski definition) is 1. The molecule has 2 rings (SSSR count). The van der Waals surface area contributed by atoms with Gasteiger partial charge in [-0.25, -0.2) is 8.42 Å². The molecule has 0 bridgehead atoms. The van der Waals surface area contributed by atoms with Crippen molar-refractivity contribution in [2.45, 2.75) is 23.8 Å². The smallest absolute Gasteiger partial charge is 0.244 e. The van der Waals surface area contributed by atoms with Crippen LogP contribution in [0.3, 0.4) is 0 Å². The molecule has 0 saturated carbocycles. The minimum Gasteiger partial charge on any atom is -0.317 e. The predicted octanol–water partition coefficient (Wildman–Crippen LogP) is 0.454. The first kappa shape index (κ1) is 12.5. The van der Waals surface area contributed by atoms with Crippen LogP contribution in [0, 0.1) is 0 Å². The van der Waals surface area contributed by atoms with Crippen LogP contribution in [0.25, 0.3) is 0 Å². The molecule has 0 aromatic carbocycles. The van der Waals surface area contributed by atoms with Gasteiger partial charge in [0.2, 0.25) is 10.0 Å². The van der Waals surface area contributed by atoms with Crippen molar-refractivity contribution in [3.8, 4) is 0 Å². The zero-order valence-electron chi connectivity index (χ0n) is 9.83. The average Bonchev–Trinajstić information content (AvgIpc) is 2.40. The minimum atomic E-state index is -3.40. The summed E-state index contributed by atoms with van der Waals surface area (Å²) in [6.45, 7) is 1.75. The van der Waals surface area contributed by atoms with E-state index in [4.69, 9.17) is 0 Å². The van der Waals surface area contributed by atoms with E-state index in [0.717, 1.165) is 25.9 Å². The lowest BCUT2D eigenvalue weighted by Gasteiger charge is -2.30. The highest BCUT2D eigenvalue weighted by Crippen LogP contribution is 2.19. The molecule has 1 aliphatic rings. The summed E-state index contributed by atoms with van der Waals surface area (Å²) in [6, 6.07) is 3.31. The molecular formula is C11H17N3O2S. The first-order valence-electron chi connectivity index (χ1n) is 5.71. The normalized spacial score (nSPS) is 18.5. The van der Waals surface area contributed by atoms with E-state index < -0.39 is 10.0 Å². The fourth-order valence-corrected chi connectivity index (χ4v) is 3.41. The molecule has 0 amide bonds. The van der Waals surface area contributed by atoms with E-state index >= 15 is 0 Å². The van der Waals surface area contributed by atoms with Crippen LogP contribution in [-0.4, -0.2) is 43.9 Å². The molecule has 1 fully saturated rings. The third-order valence-corrected chi connectivity index (χ3v) is 5.03. The molecule has 1 aromatic rings. The highest BCUT2D eigenvalue weighted by molar-refractivity contribution is 7.89. The number of sulfonamides is 1. The number of aromatic nitrogens is 1. The van der Waals surface area contributed by atoms with E-state index in [1.807, 2.05) is 0 Å². The summed E-state index contributed by atoms with van der Waals surface area (Å²) in [7, 11) is -1.74. The van der Waals surface area contributed by atoms with Crippen LogP contribution in [0.4, 0.5) is 0 Å². The zero-order valence-corrected chi connectivity index (χ0v) is 10.7. The van der Waals surface area contributed by atoms with Gasteiger partial charge in [-0.1, -0.05) is 0 Å². The van der Waals surface area contributed by atoms with Crippen molar-refractivity contribution in [1.82, 2.24) is 14.6 Å². The monoisotopic (exact) mass is 255 g/mol. The molecule has 1 aromatic heterocycles. The second-order valence-corrected chi connectivity index (χ2v) is 6.19. The number of pyridine rings is 1. The van der Waals surface area contributed by atoms with Gasteiger partial charge >= 0.3 is 0 Å². The Balaban J connectivity index is 2.20. The first-order chi connectivity index (χ1) is 8.12. The van der Waals surface area contributed by atoms with Gasteiger partial charge in [0, 0.05) is 25.5 Å². The van der Waals surface area contributed by atoms with Gasteiger partial charge in [0.1, 0.15) is 4.90 Å². The largest absolute Gasteiger partial charge is 0.317 e. The lowest BCUT2D eigenvalue weighted by atomic mass is 10.1. The highest BCUT2D eigenvalue weighted by atomic mass is 32.2. The van der Waals surface area contributed by atoms with Crippen molar-refractivity contribution in [3.63, 3.8) is 0 Å². The fourth-order valence-electron chi connectivity index (χ4n) is 2.03. The standard InChI is InChI=1S/C11H17N3O2S/c1-14(10-4-7-12-8-5-10)17(15,16)11-3-2-6-13-9-11/h2-3,6,9-10,12H,4-5,7-8H2,1H3. The van der Waals surface area contributed by atoms with Crippen molar-refractivity contribution in [2.75, 3.05) is 20.1 Å². The predicted molar refractivity (Wildman–Crippen MR) is 65.1 cm³/mol. The summed E-state index contributed by atoms with van der Waals surface area (Å²) in [5.74, 6) is 0. The summed E-state index contributed by atoms with van der Waals surface area (Å²) in [5.41, 5.74) is 0. The molecular weight excluding hydrogens is 238 g/mol. The van der Waals surface area contributed by atoms with Crippen molar-refractivity contribution in [1.29, 1.82) is 0 Å². The molecule has 6 heteroatoms. The number of piperidine rings is 1. The molecule has 1 N–H and O–H groups in total. The van der Waals surface area contributed by atoms with Gasteiger partial charge in [-0.2, -0.15) is 4.31 Å². The first-order valence-corrected chi connectivity index (χ1v) is 7.15. The van der Waals surface area contributed by atoms with E-state index in [0.29, 0.717) is 0 Å². The second kappa shape index (κ2) is 5.12. The lowest BCUT2D eigenvalue weighted by molar-refractivity contribution is 0.296. The summed E-state index contributed by atoms with van der Waals surface area (Å²) in [4.78, 5) is 4.13. The zero-order chi connectivity index (χ0) is 12.3. The SMILES string of the molecule is CN(C1CCNCC1)S(=O)(=O)c1cccnc1. The Bertz CT molecular complexity index is 455. The van der Waals surface area contributed by atoms with Crippen LogP contribution in [0.5, 0.6) is 0 Å². The van der Waals surface area contributed by atoms with Gasteiger partial charge in [0.05, 0.1) is 0 Å². The molecule has 1 saturated heterocycles. The minimum absolute atomic E-state index is 0.0847. The summed E-state index contributed by atoms with van der Waals surface area (Å²) in [6.07, 6.45) is 4.68. The van der Waals surface area contributed by atoms with Gasteiger partial charge in [-0.3, -0.25) is 4.98 Å². The lowest BCUT2D eigenvalue weighted by Crippen LogP contribution is -2.43. The van der Waals surface area contributed by atoms with E-state index in [9.17, 15) is 8.42 Å². The topological polar surface area (TPSA) is 62.3 Å². The number of nitrogens with zero attached hydrogens (tertiary/aromatic N) is 2. The molecule has 0 radical (unpaired) electrons. The van der Waals surface area contributed by atoms with Gasteiger partial charge in [-0.15, -0.1) is 0 Å². The third kappa shape index (κ3) is 2.65. The number of hydrogen-bond acceptors (Lipinski definition) is 4. The molecule has 2 heterocycles. The number of rotatable bonds is 3. The molecule has 0 spiro atoms. The van der Waals surface area contributed by atoms with E-state index in [1.54, 1.807) is 25.4 Å². The third-order valence-electron chi connectivity index (χ3n) is 3.13. The summed E-state index contributed by atoms with van der Waals surface area (Å²) >= 11 is 0. The second-order valence-electron chi connectivity index (χ2n) is 4.19. The summed E-state index contributed by atoms with van der Waals surface area (Å²) < 4.78 is 26.1. The molecule has 5 nitrogen and oxygen atoms in total. The average molecular weight is 255 g/mol. The maximum Gasteiger partial charge on any atom is 0.244 e. The maximum absolute atomic E-state index is 12.3. The molecule has 17 heavy (non-hydrogen) atoms. The van der Waals surface area contributed by atoms with Crippen molar-refractivity contribution in [3.05, 3.63) is 24.5 Å². The Hall–Kier alpha value is -0.980. The van der Waals surface area contributed by atoms with Gasteiger partial charge in [0.25, 0.3) is 0 Å². The number of nitrogens with one attached hydrogen (secondary N) is 1. The van der Waals surface area contributed by atoms with Gasteiger partial charge in [-0.05, 0) is 38.1 Å². The van der Waals surface area contributed by atoms with Crippen LogP contribution in [-0.2, 0) is 10.0 Å². The van der Waals surface area contributed by atoms with E-state index in [-0.39, 0.29) is 10.9 Å². The van der Waals surface area contributed by atoms with Crippen LogP contribution in [0.15, 0.2) is 29.4 Å². The Kier molecular flexibility index (Phi) is 3.76. The van der Waals surface area contributed by atoms with Gasteiger partial charge < -0.3 is 5.32 Å². The van der Waals surface area contributed by atoms with Crippen molar-refractivity contribution < 1.29 is 8.42 Å². The summed E-state index contributed by atoms with van der Waals surface area (Å²) in [5, 5.41) is 3.23. The van der Waals surface area contributed by atoms with Crippen molar-refractivity contribution >= 4 is 10.0 Å². The van der Waals surface area contributed by atoms with Gasteiger partial charge in [0.15, 0.2) is 0 Å². The van der Waals surface area contributed by atoms with E-state index in [1.165, 1.54) is 10.5 Å². The fraction of sp³-hybridized carbons (Fsp3) is 0.545. The molecule has 1 aliphatic heterocycles. The molecule has 94 valence electrons. The van der Waals surface area contributed by atoms with Crippen molar-refractivity contribution in [2.24, 2.45) is 0 Å². The maximum atomic E-state index is 12.3. The Morgan fingerprint density at radius 1 is 1.41 bits per heavy atom. The highest BCUT2D eigenvalue weighted by Gasteiger charge is 2.28. The Morgan fingerprint density at radius 2 is 2.12 bits per heavy atom.